The van der Waals surface area contributed by atoms with Crippen LogP contribution in [0.1, 0.15) is 66.4 Å². The number of nitrogens with two attached hydrogens (primary N) is 1. The van der Waals surface area contributed by atoms with Gasteiger partial charge in [0.25, 0.3) is 0 Å². The fourth-order valence-electron chi connectivity index (χ4n) is 6.60. The van der Waals surface area contributed by atoms with Gasteiger partial charge in [-0.25, -0.2) is 8.42 Å². The molecule has 3 unspecified atom stereocenters. The number of thioether (sulfide) groups is 1. The first-order valence-electron chi connectivity index (χ1n) is 11.3. The number of nitrogens with zero attached hydrogens (tertiary/aromatic N) is 1. The molecule has 170 valence electrons. The lowest BCUT2D eigenvalue weighted by atomic mass is 9.66. The molecule has 1 aromatic rings. The van der Waals surface area contributed by atoms with Crippen molar-refractivity contribution in [3.8, 4) is 0 Å². The fourth-order valence-corrected chi connectivity index (χ4v) is 11.3. The lowest BCUT2D eigenvalue weighted by Crippen LogP contribution is -2.57. The summed E-state index contributed by atoms with van der Waals surface area (Å²) in [6, 6.07) is 10.4. The normalized spacial score (nSPS) is 30.7. The average Bonchev–Trinajstić information content (AvgIpc) is 2.99. The molecule has 0 aliphatic heterocycles. The van der Waals surface area contributed by atoms with E-state index in [0.29, 0.717) is 12.5 Å². The molecule has 0 spiro atoms. The van der Waals surface area contributed by atoms with E-state index in [9.17, 15) is 8.42 Å². The maximum atomic E-state index is 13.8. The number of hydrogen-bond acceptors (Lipinski definition) is 4. The molecule has 2 N–H and O–H groups in total. The Morgan fingerprint density at radius 2 is 1.73 bits per heavy atom. The van der Waals surface area contributed by atoms with Crippen LogP contribution in [0.2, 0.25) is 0 Å². The molecule has 0 aromatic heterocycles. The Kier molecular flexibility index (Phi) is 6.76. The minimum atomic E-state index is -3.42. The fraction of sp³-hybridized carbons (Fsp3) is 0.750. The lowest BCUT2D eigenvalue weighted by molar-refractivity contribution is 0.124. The van der Waals surface area contributed by atoms with Gasteiger partial charge < -0.3 is 5.73 Å². The van der Waals surface area contributed by atoms with Crippen molar-refractivity contribution in [1.29, 1.82) is 0 Å². The largest absolute Gasteiger partial charge is 0.329 e. The van der Waals surface area contributed by atoms with Gasteiger partial charge >= 0.3 is 0 Å². The molecule has 2 saturated carbocycles. The minimum Gasteiger partial charge on any atom is -0.329 e. The van der Waals surface area contributed by atoms with E-state index in [2.05, 4.69) is 38.1 Å². The third kappa shape index (κ3) is 3.76. The highest BCUT2D eigenvalue weighted by Gasteiger charge is 2.71. The van der Waals surface area contributed by atoms with E-state index < -0.39 is 10.0 Å². The maximum Gasteiger partial charge on any atom is 0.215 e. The Bertz CT molecular complexity index is 830. The van der Waals surface area contributed by atoms with Crippen molar-refractivity contribution in [3.05, 3.63) is 35.9 Å². The number of rotatable bonds is 9. The molecule has 2 aliphatic carbocycles. The third-order valence-electron chi connectivity index (χ3n) is 8.08. The summed E-state index contributed by atoms with van der Waals surface area (Å²) in [5.41, 5.74) is 7.44. The molecule has 0 heterocycles. The summed E-state index contributed by atoms with van der Waals surface area (Å²) in [5, 5.41) is 0. The molecule has 0 radical (unpaired) electrons. The highest BCUT2D eigenvalue weighted by Crippen LogP contribution is 2.73. The Morgan fingerprint density at radius 1 is 1.13 bits per heavy atom. The van der Waals surface area contributed by atoms with Crippen LogP contribution in [0.5, 0.6) is 0 Å². The van der Waals surface area contributed by atoms with E-state index in [-0.39, 0.29) is 33.4 Å². The van der Waals surface area contributed by atoms with Crippen molar-refractivity contribution in [1.82, 2.24) is 4.31 Å². The summed E-state index contributed by atoms with van der Waals surface area (Å²) in [7, 11) is -3.42. The van der Waals surface area contributed by atoms with Gasteiger partial charge in [0, 0.05) is 34.5 Å². The van der Waals surface area contributed by atoms with E-state index in [1.165, 1.54) is 5.56 Å². The predicted octanol–water partition coefficient (Wildman–Crippen LogP) is 4.89. The Hall–Kier alpha value is -0.560. The minimum absolute atomic E-state index is 0.0389. The standard InChI is InChI=1S/C24H40N2O2S2/c1-18(2)26(19(3)4)30(27,28)17-23-13-12-21(22(23,5)6)14-24(23,16-25)29-15-20-10-8-7-9-11-20/h7-11,18-19,21H,12-17,25H2,1-6H3. The molecule has 2 aliphatic rings. The number of sulfonamides is 1. The summed E-state index contributed by atoms with van der Waals surface area (Å²) in [6.45, 7) is 13.0. The quantitative estimate of drug-likeness (QED) is 0.579. The topological polar surface area (TPSA) is 63.4 Å². The maximum absolute atomic E-state index is 13.8. The van der Waals surface area contributed by atoms with Crippen molar-refractivity contribution in [2.24, 2.45) is 22.5 Å². The summed E-state index contributed by atoms with van der Waals surface area (Å²) >= 11 is 1.91. The van der Waals surface area contributed by atoms with E-state index in [1.54, 1.807) is 4.31 Å². The van der Waals surface area contributed by atoms with Crippen LogP contribution in [0, 0.1) is 16.7 Å². The number of hydrogen-bond donors (Lipinski definition) is 1. The zero-order valence-corrected chi connectivity index (χ0v) is 21.2. The van der Waals surface area contributed by atoms with Crippen LogP contribution in [0.15, 0.2) is 30.3 Å². The van der Waals surface area contributed by atoms with Gasteiger partial charge in [-0.3, -0.25) is 0 Å². The van der Waals surface area contributed by atoms with Crippen molar-refractivity contribution in [3.63, 3.8) is 0 Å². The molecule has 2 fully saturated rings. The van der Waals surface area contributed by atoms with E-state index >= 15 is 0 Å². The monoisotopic (exact) mass is 452 g/mol. The van der Waals surface area contributed by atoms with Crippen LogP contribution < -0.4 is 5.73 Å². The summed E-state index contributed by atoms with van der Waals surface area (Å²) in [4.78, 5) is 0. The summed E-state index contributed by atoms with van der Waals surface area (Å²) < 4.78 is 29.1. The molecular formula is C24H40N2O2S2. The van der Waals surface area contributed by atoms with Gasteiger partial charge in [0.05, 0.1) is 5.75 Å². The molecule has 30 heavy (non-hydrogen) atoms. The first kappa shape index (κ1) is 24.1. The van der Waals surface area contributed by atoms with Gasteiger partial charge in [0.15, 0.2) is 0 Å². The number of fused-ring (bicyclic) bond motifs is 2. The second-order valence-corrected chi connectivity index (χ2v) is 13.7. The predicted molar refractivity (Wildman–Crippen MR) is 129 cm³/mol. The second-order valence-electron chi connectivity index (χ2n) is 10.5. The van der Waals surface area contributed by atoms with Gasteiger partial charge in [-0.2, -0.15) is 4.31 Å². The summed E-state index contributed by atoms with van der Waals surface area (Å²) in [6.07, 6.45) is 3.08. The van der Waals surface area contributed by atoms with Crippen LogP contribution in [0.3, 0.4) is 0 Å². The van der Waals surface area contributed by atoms with Crippen LogP contribution in [0.4, 0.5) is 0 Å². The molecule has 1 aromatic carbocycles. The SMILES string of the molecule is CC(C)N(C(C)C)S(=O)(=O)CC12CCC(CC1(CN)SCc1ccccc1)C2(C)C. The highest BCUT2D eigenvalue weighted by atomic mass is 32.2. The molecule has 6 heteroatoms. The molecular weight excluding hydrogens is 412 g/mol. The Morgan fingerprint density at radius 3 is 2.23 bits per heavy atom. The number of benzene rings is 1. The molecule has 3 rings (SSSR count). The second kappa shape index (κ2) is 8.42. The zero-order valence-electron chi connectivity index (χ0n) is 19.5. The van der Waals surface area contributed by atoms with Crippen molar-refractivity contribution in [2.75, 3.05) is 12.3 Å². The summed E-state index contributed by atoms with van der Waals surface area (Å²) in [5.74, 6) is 1.62. The Balaban J connectivity index is 2.00. The lowest BCUT2D eigenvalue weighted by Gasteiger charge is -2.51. The molecule has 0 saturated heterocycles. The third-order valence-corrected chi connectivity index (χ3v) is 12.2. The van der Waals surface area contributed by atoms with Crippen LogP contribution in [0.25, 0.3) is 0 Å². The van der Waals surface area contributed by atoms with Gasteiger partial charge in [-0.15, -0.1) is 11.8 Å². The van der Waals surface area contributed by atoms with E-state index in [0.717, 1.165) is 25.0 Å². The van der Waals surface area contributed by atoms with E-state index in [4.69, 9.17) is 5.73 Å². The molecule has 3 atom stereocenters. The first-order chi connectivity index (χ1) is 13.9. The zero-order chi connectivity index (χ0) is 22.4. The molecule has 2 bridgehead atoms. The van der Waals surface area contributed by atoms with Gasteiger partial charge in [0.2, 0.25) is 10.0 Å². The van der Waals surface area contributed by atoms with Crippen LogP contribution >= 0.6 is 11.8 Å². The van der Waals surface area contributed by atoms with Gasteiger partial charge in [0.1, 0.15) is 0 Å². The van der Waals surface area contributed by atoms with Crippen LogP contribution in [-0.4, -0.2) is 41.9 Å². The highest BCUT2D eigenvalue weighted by molar-refractivity contribution is 8.00. The molecule has 4 nitrogen and oxygen atoms in total. The average molecular weight is 453 g/mol. The van der Waals surface area contributed by atoms with Gasteiger partial charge in [-0.05, 0) is 63.9 Å². The van der Waals surface area contributed by atoms with Crippen molar-refractivity contribution < 1.29 is 8.42 Å². The van der Waals surface area contributed by atoms with Gasteiger partial charge in [-0.1, -0.05) is 44.2 Å². The smallest absolute Gasteiger partial charge is 0.215 e. The van der Waals surface area contributed by atoms with E-state index in [1.807, 2.05) is 45.5 Å². The Labute approximate surface area is 188 Å². The first-order valence-corrected chi connectivity index (χ1v) is 13.9. The van der Waals surface area contributed by atoms with Crippen molar-refractivity contribution in [2.45, 2.75) is 83.4 Å². The van der Waals surface area contributed by atoms with Crippen LogP contribution in [-0.2, 0) is 15.8 Å². The molecule has 0 amide bonds. The van der Waals surface area contributed by atoms with Crippen molar-refractivity contribution >= 4 is 21.8 Å².